The number of amides is 1. The molecule has 2 aromatic rings. The van der Waals surface area contributed by atoms with Gasteiger partial charge in [0.05, 0.1) is 17.3 Å². The van der Waals surface area contributed by atoms with Crippen molar-refractivity contribution >= 4 is 40.5 Å². The number of nitrogens with zero attached hydrogens (tertiary/aromatic N) is 2. The lowest BCUT2D eigenvalue weighted by Crippen LogP contribution is -2.48. The van der Waals surface area contributed by atoms with Gasteiger partial charge in [0.2, 0.25) is 5.91 Å². The first-order valence-electron chi connectivity index (χ1n) is 8.31. The quantitative estimate of drug-likeness (QED) is 0.872. The van der Waals surface area contributed by atoms with E-state index in [1.165, 1.54) is 11.3 Å². The Balaban J connectivity index is 1.52. The van der Waals surface area contributed by atoms with Crippen molar-refractivity contribution in [2.75, 3.05) is 42.9 Å². The van der Waals surface area contributed by atoms with Crippen molar-refractivity contribution in [1.82, 2.24) is 4.90 Å². The van der Waals surface area contributed by atoms with Gasteiger partial charge in [0.15, 0.2) is 0 Å². The SMILES string of the molecule is Cc1ccccc1N1CCN(CC(=O)Nc2ccc(Cl)cc2Cl)CC1. The monoisotopic (exact) mass is 377 g/mol. The molecule has 1 heterocycles. The number of para-hydroxylation sites is 1. The number of carbonyl (C=O) groups excluding carboxylic acids is 1. The highest BCUT2D eigenvalue weighted by atomic mass is 35.5. The second-order valence-electron chi connectivity index (χ2n) is 6.22. The third kappa shape index (κ3) is 4.66. The van der Waals surface area contributed by atoms with Crippen molar-refractivity contribution in [3.63, 3.8) is 0 Å². The van der Waals surface area contributed by atoms with Gasteiger partial charge in [-0.2, -0.15) is 0 Å². The number of aryl methyl sites for hydroxylation is 1. The molecule has 0 aliphatic carbocycles. The summed E-state index contributed by atoms with van der Waals surface area (Å²) in [4.78, 5) is 16.8. The van der Waals surface area contributed by atoms with Crippen LogP contribution in [-0.4, -0.2) is 43.5 Å². The molecule has 4 nitrogen and oxygen atoms in total. The first-order chi connectivity index (χ1) is 12.0. The molecular formula is C19H21Cl2N3O. The standard InChI is InChI=1S/C19H21Cl2N3O/c1-14-4-2-3-5-18(14)24-10-8-23(9-11-24)13-19(25)22-17-7-6-15(20)12-16(17)21/h2-7,12H,8-11,13H2,1H3,(H,22,25). The van der Waals surface area contributed by atoms with Crippen LogP contribution in [0.2, 0.25) is 10.0 Å². The van der Waals surface area contributed by atoms with Crippen LogP contribution in [0.4, 0.5) is 11.4 Å². The highest BCUT2D eigenvalue weighted by molar-refractivity contribution is 6.36. The van der Waals surface area contributed by atoms with Crippen LogP contribution in [0.3, 0.4) is 0 Å². The average Bonchev–Trinajstić information content (AvgIpc) is 2.59. The summed E-state index contributed by atoms with van der Waals surface area (Å²) in [6, 6.07) is 13.5. The highest BCUT2D eigenvalue weighted by Gasteiger charge is 2.20. The Kier molecular flexibility index (Phi) is 5.84. The molecule has 3 rings (SSSR count). The van der Waals surface area contributed by atoms with Crippen molar-refractivity contribution in [3.05, 3.63) is 58.1 Å². The summed E-state index contributed by atoms with van der Waals surface area (Å²) in [7, 11) is 0. The molecule has 0 atom stereocenters. The van der Waals surface area contributed by atoms with Crippen LogP contribution in [0, 0.1) is 6.92 Å². The van der Waals surface area contributed by atoms with Crippen molar-refractivity contribution in [1.29, 1.82) is 0 Å². The van der Waals surface area contributed by atoms with Gasteiger partial charge in [0.25, 0.3) is 0 Å². The molecule has 132 valence electrons. The summed E-state index contributed by atoms with van der Waals surface area (Å²) in [6.07, 6.45) is 0. The summed E-state index contributed by atoms with van der Waals surface area (Å²) in [5.74, 6) is -0.0615. The Morgan fingerprint density at radius 2 is 1.80 bits per heavy atom. The number of halogens is 2. The molecule has 1 amide bonds. The molecule has 1 fully saturated rings. The Bertz CT molecular complexity index is 758. The van der Waals surface area contributed by atoms with E-state index in [9.17, 15) is 4.79 Å². The average molecular weight is 378 g/mol. The van der Waals surface area contributed by atoms with Crippen LogP contribution in [0.5, 0.6) is 0 Å². The van der Waals surface area contributed by atoms with E-state index in [2.05, 4.69) is 46.3 Å². The molecule has 0 bridgehead atoms. The number of piperazine rings is 1. The van der Waals surface area contributed by atoms with E-state index in [0.717, 1.165) is 26.2 Å². The molecule has 1 aliphatic rings. The molecule has 0 saturated carbocycles. The maximum absolute atomic E-state index is 12.3. The maximum atomic E-state index is 12.3. The summed E-state index contributed by atoms with van der Waals surface area (Å²) in [5, 5.41) is 3.85. The minimum Gasteiger partial charge on any atom is -0.369 e. The zero-order valence-electron chi connectivity index (χ0n) is 14.1. The number of hydrogen-bond acceptors (Lipinski definition) is 3. The Hall–Kier alpha value is -1.75. The second-order valence-corrected chi connectivity index (χ2v) is 7.07. The number of carbonyl (C=O) groups is 1. The van der Waals surface area contributed by atoms with Crippen molar-refractivity contribution in [2.45, 2.75) is 6.92 Å². The first-order valence-corrected chi connectivity index (χ1v) is 9.06. The number of nitrogens with one attached hydrogen (secondary N) is 1. The summed E-state index contributed by atoms with van der Waals surface area (Å²) in [6.45, 7) is 6.04. The molecule has 0 radical (unpaired) electrons. The highest BCUT2D eigenvalue weighted by Crippen LogP contribution is 2.25. The van der Waals surface area contributed by atoms with Crippen molar-refractivity contribution in [2.24, 2.45) is 0 Å². The Morgan fingerprint density at radius 1 is 1.08 bits per heavy atom. The van der Waals surface area contributed by atoms with Gasteiger partial charge in [0.1, 0.15) is 0 Å². The van der Waals surface area contributed by atoms with Gasteiger partial charge in [-0.1, -0.05) is 41.4 Å². The van der Waals surface area contributed by atoms with E-state index in [0.29, 0.717) is 22.3 Å². The predicted molar refractivity (Wildman–Crippen MR) is 105 cm³/mol. The summed E-state index contributed by atoms with van der Waals surface area (Å²) >= 11 is 12.0. The van der Waals surface area contributed by atoms with Crippen LogP contribution in [0.1, 0.15) is 5.56 Å². The minimum atomic E-state index is -0.0615. The topological polar surface area (TPSA) is 35.6 Å². The molecule has 0 unspecified atom stereocenters. The zero-order valence-corrected chi connectivity index (χ0v) is 15.6. The fourth-order valence-corrected chi connectivity index (χ4v) is 3.50. The van der Waals surface area contributed by atoms with E-state index >= 15 is 0 Å². The lowest BCUT2D eigenvalue weighted by molar-refractivity contribution is -0.117. The molecule has 0 spiro atoms. The van der Waals surface area contributed by atoms with Gasteiger partial charge in [-0.3, -0.25) is 9.69 Å². The third-order valence-electron chi connectivity index (χ3n) is 4.40. The lowest BCUT2D eigenvalue weighted by atomic mass is 10.1. The van der Waals surface area contributed by atoms with E-state index in [1.54, 1.807) is 18.2 Å². The van der Waals surface area contributed by atoms with Crippen molar-refractivity contribution < 1.29 is 4.79 Å². The Labute approximate surface area is 158 Å². The van der Waals surface area contributed by atoms with Gasteiger partial charge >= 0.3 is 0 Å². The number of benzene rings is 2. The minimum absolute atomic E-state index is 0.0615. The first kappa shape index (κ1) is 18.1. The molecule has 1 N–H and O–H groups in total. The molecule has 0 aromatic heterocycles. The van der Waals surface area contributed by atoms with Gasteiger partial charge in [-0.05, 0) is 36.8 Å². The fraction of sp³-hybridized carbons (Fsp3) is 0.316. The van der Waals surface area contributed by atoms with E-state index in [1.807, 2.05) is 0 Å². The Morgan fingerprint density at radius 3 is 2.48 bits per heavy atom. The summed E-state index contributed by atoms with van der Waals surface area (Å²) < 4.78 is 0. The van der Waals surface area contributed by atoms with Crippen LogP contribution >= 0.6 is 23.2 Å². The number of anilines is 2. The lowest BCUT2D eigenvalue weighted by Gasteiger charge is -2.36. The molecule has 1 aliphatic heterocycles. The number of hydrogen-bond donors (Lipinski definition) is 1. The van der Waals surface area contributed by atoms with Gasteiger partial charge < -0.3 is 10.2 Å². The van der Waals surface area contributed by atoms with Crippen LogP contribution in [0.25, 0.3) is 0 Å². The van der Waals surface area contributed by atoms with Crippen LogP contribution in [0.15, 0.2) is 42.5 Å². The normalized spacial score (nSPS) is 15.2. The van der Waals surface area contributed by atoms with Crippen molar-refractivity contribution in [3.8, 4) is 0 Å². The maximum Gasteiger partial charge on any atom is 0.238 e. The van der Waals surface area contributed by atoms with Gasteiger partial charge in [0, 0.05) is 36.9 Å². The molecule has 25 heavy (non-hydrogen) atoms. The van der Waals surface area contributed by atoms with Gasteiger partial charge in [-0.15, -0.1) is 0 Å². The summed E-state index contributed by atoms with van der Waals surface area (Å²) in [5.41, 5.74) is 3.15. The predicted octanol–water partition coefficient (Wildman–Crippen LogP) is 4.06. The largest absolute Gasteiger partial charge is 0.369 e. The third-order valence-corrected chi connectivity index (χ3v) is 4.95. The fourth-order valence-electron chi connectivity index (χ4n) is 3.05. The molecular weight excluding hydrogens is 357 g/mol. The van der Waals surface area contributed by atoms with Crippen LogP contribution < -0.4 is 10.2 Å². The van der Waals surface area contributed by atoms with Crippen LogP contribution in [-0.2, 0) is 4.79 Å². The zero-order chi connectivity index (χ0) is 17.8. The molecule has 1 saturated heterocycles. The van der Waals surface area contributed by atoms with E-state index in [-0.39, 0.29) is 5.91 Å². The van der Waals surface area contributed by atoms with E-state index in [4.69, 9.17) is 23.2 Å². The van der Waals surface area contributed by atoms with E-state index < -0.39 is 0 Å². The number of rotatable bonds is 4. The van der Waals surface area contributed by atoms with Gasteiger partial charge in [-0.25, -0.2) is 0 Å². The molecule has 2 aromatic carbocycles. The molecule has 6 heteroatoms. The smallest absolute Gasteiger partial charge is 0.238 e. The second kappa shape index (κ2) is 8.09.